The van der Waals surface area contributed by atoms with Crippen molar-refractivity contribution in [2.24, 2.45) is 0 Å². The summed E-state index contributed by atoms with van der Waals surface area (Å²) in [6.45, 7) is 3.67. The van der Waals surface area contributed by atoms with Crippen LogP contribution in [0.5, 0.6) is 0 Å². The predicted molar refractivity (Wildman–Crippen MR) is 77.0 cm³/mol. The topological polar surface area (TPSA) is 66.4 Å². The van der Waals surface area contributed by atoms with Crippen molar-refractivity contribution in [1.82, 2.24) is 0 Å². The average Bonchev–Trinajstić information content (AvgIpc) is 2.82. The molecule has 1 aromatic heterocycles. The number of hydrogen-bond acceptors (Lipinski definition) is 4. The molecule has 0 aliphatic heterocycles. The lowest BCUT2D eigenvalue weighted by molar-refractivity contribution is 0.285. The molecule has 0 saturated carbocycles. The van der Waals surface area contributed by atoms with Crippen LogP contribution in [-0.4, -0.2) is 13.5 Å². The Morgan fingerprint density at radius 1 is 1.26 bits per heavy atom. The molecule has 19 heavy (non-hydrogen) atoms. The standard InChI is InChI=1S/C13H15NO3S2/c1-9-3-4-13(10(2)5-9)14-19(16,17)12-6-11(7-15)18-8-12/h3-6,8,14-15H,7H2,1-2H3. The normalized spacial score (nSPS) is 11.5. The first kappa shape index (κ1) is 14.0. The fourth-order valence-electron chi connectivity index (χ4n) is 1.72. The van der Waals surface area contributed by atoms with E-state index in [9.17, 15) is 8.42 Å². The van der Waals surface area contributed by atoms with E-state index < -0.39 is 10.0 Å². The number of sulfonamides is 1. The van der Waals surface area contributed by atoms with Crippen LogP contribution < -0.4 is 4.72 Å². The highest BCUT2D eigenvalue weighted by Gasteiger charge is 2.17. The SMILES string of the molecule is Cc1ccc(NS(=O)(=O)c2csc(CO)c2)c(C)c1. The highest BCUT2D eigenvalue weighted by Crippen LogP contribution is 2.24. The van der Waals surface area contributed by atoms with Gasteiger partial charge in [0.1, 0.15) is 0 Å². The summed E-state index contributed by atoms with van der Waals surface area (Å²) in [5, 5.41) is 10.5. The van der Waals surface area contributed by atoms with Gasteiger partial charge in [-0.05, 0) is 31.5 Å². The fourth-order valence-corrected chi connectivity index (χ4v) is 3.98. The molecule has 2 aromatic rings. The average molecular weight is 297 g/mol. The molecule has 0 aliphatic carbocycles. The van der Waals surface area contributed by atoms with E-state index in [-0.39, 0.29) is 11.5 Å². The second-order valence-electron chi connectivity index (χ2n) is 4.33. The van der Waals surface area contributed by atoms with Crippen LogP contribution in [-0.2, 0) is 16.6 Å². The van der Waals surface area contributed by atoms with Gasteiger partial charge < -0.3 is 5.11 Å². The third kappa shape index (κ3) is 3.15. The molecule has 102 valence electrons. The largest absolute Gasteiger partial charge is 0.391 e. The zero-order chi connectivity index (χ0) is 14.0. The zero-order valence-corrected chi connectivity index (χ0v) is 12.3. The van der Waals surface area contributed by atoms with E-state index in [1.165, 1.54) is 22.8 Å². The molecule has 0 amide bonds. The monoisotopic (exact) mass is 297 g/mol. The van der Waals surface area contributed by atoms with Gasteiger partial charge in [0.05, 0.1) is 17.2 Å². The molecule has 2 rings (SSSR count). The Labute approximate surface area is 116 Å². The number of nitrogens with one attached hydrogen (secondary N) is 1. The molecular formula is C13H15NO3S2. The maximum absolute atomic E-state index is 12.2. The summed E-state index contributed by atoms with van der Waals surface area (Å²) in [5.74, 6) is 0. The fraction of sp³-hybridized carbons (Fsp3) is 0.231. The molecule has 4 nitrogen and oxygen atoms in total. The summed E-state index contributed by atoms with van der Waals surface area (Å²) in [4.78, 5) is 0.808. The van der Waals surface area contributed by atoms with Crippen molar-refractivity contribution in [3.05, 3.63) is 45.6 Å². The molecule has 0 aliphatic rings. The van der Waals surface area contributed by atoms with Gasteiger partial charge in [0.25, 0.3) is 10.0 Å². The van der Waals surface area contributed by atoms with Crippen molar-refractivity contribution in [2.75, 3.05) is 4.72 Å². The van der Waals surface area contributed by atoms with Crippen LogP contribution in [0.15, 0.2) is 34.5 Å². The predicted octanol–water partition coefficient (Wildman–Crippen LogP) is 2.66. The smallest absolute Gasteiger partial charge is 0.262 e. The number of rotatable bonds is 4. The summed E-state index contributed by atoms with van der Waals surface area (Å²) in [6.07, 6.45) is 0. The van der Waals surface area contributed by atoms with Crippen LogP contribution >= 0.6 is 11.3 Å². The molecule has 0 radical (unpaired) electrons. The van der Waals surface area contributed by atoms with Crippen molar-refractivity contribution < 1.29 is 13.5 Å². The first-order valence-electron chi connectivity index (χ1n) is 5.71. The van der Waals surface area contributed by atoms with E-state index in [0.29, 0.717) is 10.6 Å². The Morgan fingerprint density at radius 2 is 2.00 bits per heavy atom. The third-order valence-corrected chi connectivity index (χ3v) is 5.14. The molecule has 0 spiro atoms. The summed E-state index contributed by atoms with van der Waals surface area (Å²) in [6, 6.07) is 7.01. The molecule has 0 unspecified atom stereocenters. The third-order valence-electron chi connectivity index (χ3n) is 2.72. The molecule has 2 N–H and O–H groups in total. The number of aliphatic hydroxyl groups is 1. The maximum Gasteiger partial charge on any atom is 0.262 e. The number of hydrogen-bond donors (Lipinski definition) is 2. The van der Waals surface area contributed by atoms with Crippen LogP contribution in [0, 0.1) is 13.8 Å². The second kappa shape index (κ2) is 5.32. The highest BCUT2D eigenvalue weighted by atomic mass is 32.2. The van der Waals surface area contributed by atoms with Gasteiger partial charge in [0.15, 0.2) is 0 Å². The summed E-state index contributed by atoms with van der Waals surface area (Å²) < 4.78 is 26.9. The van der Waals surface area contributed by atoms with E-state index in [2.05, 4.69) is 4.72 Å². The molecular weight excluding hydrogens is 282 g/mol. The number of aliphatic hydroxyl groups excluding tert-OH is 1. The molecule has 0 fully saturated rings. The first-order valence-corrected chi connectivity index (χ1v) is 8.07. The van der Waals surface area contributed by atoms with Gasteiger partial charge in [-0.15, -0.1) is 11.3 Å². The van der Waals surface area contributed by atoms with E-state index >= 15 is 0 Å². The Hall–Kier alpha value is -1.37. The zero-order valence-electron chi connectivity index (χ0n) is 10.7. The Morgan fingerprint density at radius 3 is 2.58 bits per heavy atom. The number of benzene rings is 1. The van der Waals surface area contributed by atoms with Gasteiger partial charge in [-0.1, -0.05) is 17.7 Å². The van der Waals surface area contributed by atoms with Crippen LogP contribution in [0.3, 0.4) is 0 Å². The molecule has 1 aromatic carbocycles. The van der Waals surface area contributed by atoms with Crippen molar-refractivity contribution >= 4 is 27.0 Å². The first-order chi connectivity index (χ1) is 8.92. The minimum absolute atomic E-state index is 0.149. The molecule has 6 heteroatoms. The van der Waals surface area contributed by atoms with Crippen molar-refractivity contribution in [1.29, 1.82) is 0 Å². The van der Waals surface area contributed by atoms with Crippen molar-refractivity contribution in [2.45, 2.75) is 25.3 Å². The Balaban J connectivity index is 2.30. The van der Waals surface area contributed by atoms with Crippen molar-refractivity contribution in [3.8, 4) is 0 Å². The molecule has 0 atom stereocenters. The van der Waals surface area contributed by atoms with E-state index in [1.54, 1.807) is 6.07 Å². The minimum Gasteiger partial charge on any atom is -0.391 e. The maximum atomic E-state index is 12.2. The Kier molecular flexibility index (Phi) is 3.93. The van der Waals surface area contributed by atoms with Crippen LogP contribution in [0.4, 0.5) is 5.69 Å². The number of anilines is 1. The summed E-state index contributed by atoms with van der Waals surface area (Å²) >= 11 is 1.22. The minimum atomic E-state index is -3.59. The molecule has 1 heterocycles. The lowest BCUT2D eigenvalue weighted by Crippen LogP contribution is -2.13. The van der Waals surface area contributed by atoms with Gasteiger partial charge in [-0.2, -0.15) is 0 Å². The Bertz CT molecular complexity index is 690. The van der Waals surface area contributed by atoms with Crippen LogP contribution in [0.2, 0.25) is 0 Å². The van der Waals surface area contributed by atoms with Crippen LogP contribution in [0.25, 0.3) is 0 Å². The van der Waals surface area contributed by atoms with Crippen molar-refractivity contribution in [3.63, 3.8) is 0 Å². The number of thiophene rings is 1. The molecule has 0 bridgehead atoms. The van der Waals surface area contributed by atoms with Gasteiger partial charge in [0, 0.05) is 10.3 Å². The summed E-state index contributed by atoms with van der Waals surface area (Å²) in [5.41, 5.74) is 2.53. The quantitative estimate of drug-likeness (QED) is 0.911. The highest BCUT2D eigenvalue weighted by molar-refractivity contribution is 7.92. The van der Waals surface area contributed by atoms with E-state index in [1.807, 2.05) is 26.0 Å². The molecule has 0 saturated heterocycles. The van der Waals surface area contributed by atoms with Gasteiger partial charge in [-0.25, -0.2) is 8.42 Å². The van der Waals surface area contributed by atoms with E-state index in [0.717, 1.165) is 11.1 Å². The van der Waals surface area contributed by atoms with Gasteiger partial charge >= 0.3 is 0 Å². The van der Waals surface area contributed by atoms with Crippen LogP contribution in [0.1, 0.15) is 16.0 Å². The lowest BCUT2D eigenvalue weighted by atomic mass is 10.1. The summed E-state index contributed by atoms with van der Waals surface area (Å²) in [7, 11) is -3.59. The lowest BCUT2D eigenvalue weighted by Gasteiger charge is -2.10. The van der Waals surface area contributed by atoms with E-state index in [4.69, 9.17) is 5.11 Å². The van der Waals surface area contributed by atoms with Gasteiger partial charge in [-0.3, -0.25) is 4.72 Å². The number of aryl methyl sites for hydroxylation is 2. The van der Waals surface area contributed by atoms with Gasteiger partial charge in [0.2, 0.25) is 0 Å². The second-order valence-corrected chi connectivity index (χ2v) is 7.01.